The van der Waals surface area contributed by atoms with Gasteiger partial charge in [0, 0.05) is 24.9 Å². The molecule has 0 fully saturated rings. The van der Waals surface area contributed by atoms with E-state index in [9.17, 15) is 4.39 Å². The van der Waals surface area contributed by atoms with Gasteiger partial charge in [-0.15, -0.1) is 0 Å². The summed E-state index contributed by atoms with van der Waals surface area (Å²) in [4.78, 5) is 1.97. The summed E-state index contributed by atoms with van der Waals surface area (Å²) >= 11 is 1.76. The quantitative estimate of drug-likeness (QED) is 0.878. The van der Waals surface area contributed by atoms with Gasteiger partial charge in [0.2, 0.25) is 0 Å². The van der Waals surface area contributed by atoms with Crippen molar-refractivity contribution in [1.29, 1.82) is 0 Å². The molecule has 0 aliphatic carbocycles. The molecule has 0 spiro atoms. The number of nitrogens with two attached hydrogens (primary N) is 1. The minimum Gasteiger partial charge on any atom is -0.369 e. The van der Waals surface area contributed by atoms with E-state index in [1.807, 2.05) is 31.0 Å². The predicted molar refractivity (Wildman–Crippen MR) is 75.2 cm³/mol. The SMILES string of the molecule is CSCC(C)N(C)c1ccc(C(C)N)cc1F. The number of hydrogen-bond donors (Lipinski definition) is 1. The standard InChI is InChI=1S/C13H21FN2S/c1-9(8-17-4)16(3)13-6-5-11(10(2)15)7-12(13)14/h5-7,9-10H,8,15H2,1-4H3. The molecule has 0 aromatic heterocycles. The number of anilines is 1. The largest absolute Gasteiger partial charge is 0.369 e. The van der Waals surface area contributed by atoms with E-state index in [-0.39, 0.29) is 11.9 Å². The van der Waals surface area contributed by atoms with Crippen LogP contribution in [0.25, 0.3) is 0 Å². The molecule has 0 saturated heterocycles. The molecule has 0 aliphatic heterocycles. The van der Waals surface area contributed by atoms with Crippen LogP contribution in [0.2, 0.25) is 0 Å². The van der Waals surface area contributed by atoms with Crippen molar-refractivity contribution in [2.45, 2.75) is 25.9 Å². The molecule has 2 unspecified atom stereocenters. The van der Waals surface area contributed by atoms with E-state index in [1.54, 1.807) is 11.8 Å². The van der Waals surface area contributed by atoms with E-state index in [1.165, 1.54) is 6.07 Å². The molecular formula is C13H21FN2S. The third-order valence-corrected chi connectivity index (χ3v) is 3.76. The Morgan fingerprint density at radius 3 is 2.53 bits per heavy atom. The first-order chi connectivity index (χ1) is 7.97. The van der Waals surface area contributed by atoms with Crippen molar-refractivity contribution in [1.82, 2.24) is 0 Å². The van der Waals surface area contributed by atoms with Crippen LogP contribution in [0, 0.1) is 5.82 Å². The molecule has 1 rings (SSSR count). The fourth-order valence-corrected chi connectivity index (χ4v) is 2.39. The van der Waals surface area contributed by atoms with E-state index in [4.69, 9.17) is 5.73 Å². The van der Waals surface area contributed by atoms with Gasteiger partial charge in [0.05, 0.1) is 5.69 Å². The zero-order valence-corrected chi connectivity index (χ0v) is 11.7. The Hall–Kier alpha value is -0.740. The number of halogens is 1. The zero-order chi connectivity index (χ0) is 13.0. The van der Waals surface area contributed by atoms with Crippen molar-refractivity contribution in [3.8, 4) is 0 Å². The molecule has 0 aliphatic rings. The van der Waals surface area contributed by atoms with Crippen LogP contribution in [0.5, 0.6) is 0 Å². The number of nitrogens with zero attached hydrogens (tertiary/aromatic N) is 1. The summed E-state index contributed by atoms with van der Waals surface area (Å²) in [6.07, 6.45) is 2.06. The molecule has 1 aromatic carbocycles. The smallest absolute Gasteiger partial charge is 0.146 e. The van der Waals surface area contributed by atoms with Crippen molar-refractivity contribution in [3.63, 3.8) is 0 Å². The Labute approximate surface area is 107 Å². The number of hydrogen-bond acceptors (Lipinski definition) is 3. The van der Waals surface area contributed by atoms with Gasteiger partial charge in [-0.05, 0) is 37.8 Å². The average molecular weight is 256 g/mol. The van der Waals surface area contributed by atoms with Crippen LogP contribution >= 0.6 is 11.8 Å². The summed E-state index contributed by atoms with van der Waals surface area (Å²) in [5, 5.41) is 0. The fraction of sp³-hybridized carbons (Fsp3) is 0.538. The Bertz CT molecular complexity index is 368. The van der Waals surface area contributed by atoms with E-state index < -0.39 is 0 Å². The zero-order valence-electron chi connectivity index (χ0n) is 10.9. The maximum Gasteiger partial charge on any atom is 0.146 e. The second-order valence-electron chi connectivity index (χ2n) is 4.41. The van der Waals surface area contributed by atoms with E-state index in [2.05, 4.69) is 13.2 Å². The number of rotatable bonds is 5. The number of benzene rings is 1. The molecule has 4 heteroatoms. The number of thioether (sulfide) groups is 1. The van der Waals surface area contributed by atoms with Gasteiger partial charge in [0.25, 0.3) is 0 Å². The lowest BCUT2D eigenvalue weighted by atomic mass is 10.1. The van der Waals surface area contributed by atoms with Crippen molar-refractivity contribution in [3.05, 3.63) is 29.6 Å². The third kappa shape index (κ3) is 3.61. The van der Waals surface area contributed by atoms with E-state index >= 15 is 0 Å². The molecule has 0 saturated carbocycles. The van der Waals surface area contributed by atoms with Crippen LogP contribution in [-0.2, 0) is 0 Å². The lowest BCUT2D eigenvalue weighted by Crippen LogP contribution is -2.31. The highest BCUT2D eigenvalue weighted by Gasteiger charge is 2.14. The van der Waals surface area contributed by atoms with Gasteiger partial charge in [-0.1, -0.05) is 6.07 Å². The second kappa shape index (κ2) is 6.26. The van der Waals surface area contributed by atoms with Crippen molar-refractivity contribution < 1.29 is 4.39 Å². The first kappa shape index (κ1) is 14.3. The van der Waals surface area contributed by atoms with Crippen molar-refractivity contribution in [2.75, 3.05) is 24.0 Å². The highest BCUT2D eigenvalue weighted by molar-refractivity contribution is 7.98. The summed E-state index contributed by atoms with van der Waals surface area (Å²) in [6.45, 7) is 3.95. The summed E-state index contributed by atoms with van der Waals surface area (Å²) < 4.78 is 14.0. The second-order valence-corrected chi connectivity index (χ2v) is 5.33. The van der Waals surface area contributed by atoms with Crippen molar-refractivity contribution in [2.24, 2.45) is 5.73 Å². The molecular weight excluding hydrogens is 235 g/mol. The molecule has 0 radical (unpaired) electrons. The Morgan fingerprint density at radius 2 is 2.06 bits per heavy atom. The van der Waals surface area contributed by atoms with Gasteiger partial charge in [-0.25, -0.2) is 4.39 Å². The molecule has 96 valence electrons. The Morgan fingerprint density at radius 1 is 1.41 bits per heavy atom. The Balaban J connectivity index is 2.91. The Kier molecular flexibility index (Phi) is 5.28. The van der Waals surface area contributed by atoms with Gasteiger partial charge in [0.15, 0.2) is 0 Å². The van der Waals surface area contributed by atoms with Gasteiger partial charge < -0.3 is 10.6 Å². The van der Waals surface area contributed by atoms with Gasteiger partial charge in [-0.2, -0.15) is 11.8 Å². The summed E-state index contributed by atoms with van der Waals surface area (Å²) in [5.74, 6) is 0.778. The minimum atomic E-state index is -0.199. The molecule has 0 amide bonds. The van der Waals surface area contributed by atoms with Crippen LogP contribution in [0.1, 0.15) is 25.5 Å². The first-order valence-corrected chi connectivity index (χ1v) is 7.13. The highest BCUT2D eigenvalue weighted by atomic mass is 32.2. The molecule has 2 N–H and O–H groups in total. The highest BCUT2D eigenvalue weighted by Crippen LogP contribution is 2.24. The van der Waals surface area contributed by atoms with Gasteiger partial charge in [0.1, 0.15) is 5.82 Å². The van der Waals surface area contributed by atoms with Gasteiger partial charge >= 0.3 is 0 Å². The molecule has 1 aromatic rings. The van der Waals surface area contributed by atoms with Crippen LogP contribution in [0.15, 0.2) is 18.2 Å². The third-order valence-electron chi connectivity index (χ3n) is 2.95. The van der Waals surface area contributed by atoms with Crippen LogP contribution < -0.4 is 10.6 Å². The molecule has 17 heavy (non-hydrogen) atoms. The monoisotopic (exact) mass is 256 g/mol. The predicted octanol–water partition coefficient (Wildman–Crippen LogP) is 3.03. The van der Waals surface area contributed by atoms with Crippen molar-refractivity contribution >= 4 is 17.4 Å². The van der Waals surface area contributed by atoms with E-state index in [0.29, 0.717) is 11.7 Å². The summed E-state index contributed by atoms with van der Waals surface area (Å²) in [7, 11) is 1.92. The maximum atomic E-state index is 14.0. The summed E-state index contributed by atoms with van der Waals surface area (Å²) in [5.41, 5.74) is 7.20. The normalized spacial score (nSPS) is 14.5. The fourth-order valence-electron chi connectivity index (χ4n) is 1.68. The summed E-state index contributed by atoms with van der Waals surface area (Å²) in [6, 6.07) is 5.41. The lowest BCUT2D eigenvalue weighted by Gasteiger charge is -2.27. The molecule has 0 bridgehead atoms. The lowest BCUT2D eigenvalue weighted by molar-refractivity contribution is 0.610. The van der Waals surface area contributed by atoms with E-state index in [0.717, 1.165) is 11.3 Å². The minimum absolute atomic E-state index is 0.132. The average Bonchev–Trinajstić information content (AvgIpc) is 2.28. The topological polar surface area (TPSA) is 29.3 Å². The molecule has 0 heterocycles. The van der Waals surface area contributed by atoms with Crippen LogP contribution in [0.4, 0.5) is 10.1 Å². The van der Waals surface area contributed by atoms with Crippen LogP contribution in [0.3, 0.4) is 0 Å². The first-order valence-electron chi connectivity index (χ1n) is 5.74. The molecule has 2 nitrogen and oxygen atoms in total. The molecule has 2 atom stereocenters. The van der Waals surface area contributed by atoms with Crippen LogP contribution in [-0.4, -0.2) is 25.1 Å². The van der Waals surface area contributed by atoms with Gasteiger partial charge in [-0.3, -0.25) is 0 Å². The maximum absolute atomic E-state index is 14.0.